The third-order valence-corrected chi connectivity index (χ3v) is 2.26. The molecule has 0 spiro atoms. The van der Waals surface area contributed by atoms with Gasteiger partial charge in [-0.1, -0.05) is 0 Å². The molecule has 1 rings (SSSR count). The monoisotopic (exact) mass is 216 g/mol. The molecular formula is C10H16O5. The molecule has 1 aliphatic carbocycles. The zero-order chi connectivity index (χ0) is 11.4. The predicted molar refractivity (Wildman–Crippen MR) is 51.0 cm³/mol. The molecule has 0 unspecified atom stereocenters. The number of rotatable bonds is 2. The van der Waals surface area contributed by atoms with Gasteiger partial charge in [-0.15, -0.1) is 0 Å². The Bertz CT molecular complexity index is 226. The third kappa shape index (κ3) is 4.29. The van der Waals surface area contributed by atoms with Crippen molar-refractivity contribution in [2.75, 3.05) is 0 Å². The normalized spacial score (nSPS) is 30.7. The van der Waals surface area contributed by atoms with Crippen LogP contribution in [-0.2, 0) is 19.1 Å². The molecule has 1 fully saturated rings. The molecule has 5 nitrogen and oxygen atoms in total. The summed E-state index contributed by atoms with van der Waals surface area (Å²) in [4.78, 5) is 21.5. The molecule has 1 saturated carbocycles. The van der Waals surface area contributed by atoms with Crippen molar-refractivity contribution in [3.05, 3.63) is 0 Å². The van der Waals surface area contributed by atoms with Crippen molar-refractivity contribution < 1.29 is 24.2 Å². The Morgan fingerprint density at radius 3 is 1.73 bits per heavy atom. The van der Waals surface area contributed by atoms with Crippen molar-refractivity contribution in [2.45, 2.75) is 51.4 Å². The summed E-state index contributed by atoms with van der Waals surface area (Å²) < 4.78 is 9.97. The number of aliphatic hydroxyl groups excluding tert-OH is 1. The highest BCUT2D eigenvalue weighted by atomic mass is 16.6. The van der Waals surface area contributed by atoms with Crippen molar-refractivity contribution >= 4 is 11.9 Å². The number of ether oxygens (including phenoxy) is 2. The van der Waals surface area contributed by atoms with E-state index in [1.54, 1.807) is 0 Å². The maximum Gasteiger partial charge on any atom is 0.302 e. The highest BCUT2D eigenvalue weighted by Gasteiger charge is 2.31. The molecule has 1 N–H and O–H groups in total. The van der Waals surface area contributed by atoms with Crippen LogP contribution < -0.4 is 0 Å². The molecule has 5 heteroatoms. The van der Waals surface area contributed by atoms with Crippen molar-refractivity contribution in [2.24, 2.45) is 0 Å². The largest absolute Gasteiger partial charge is 0.462 e. The summed E-state index contributed by atoms with van der Waals surface area (Å²) in [6.45, 7) is 2.64. The molecule has 0 bridgehead atoms. The molecule has 0 radical (unpaired) electrons. The van der Waals surface area contributed by atoms with Gasteiger partial charge in [0.2, 0.25) is 0 Å². The standard InChI is InChI=1S/C10H16O5/c1-6(11)14-9-3-8(13)4-10(5-9)15-7(2)12/h8-10,13H,3-5H2,1-2H3/t8-,9+,10-. The average molecular weight is 216 g/mol. The van der Waals surface area contributed by atoms with E-state index in [-0.39, 0.29) is 24.1 Å². The first kappa shape index (κ1) is 12.0. The van der Waals surface area contributed by atoms with Gasteiger partial charge in [-0.3, -0.25) is 9.59 Å². The number of carbonyl (C=O) groups is 2. The Kier molecular flexibility index (Phi) is 4.08. The van der Waals surface area contributed by atoms with Crippen LogP contribution in [0.15, 0.2) is 0 Å². The van der Waals surface area contributed by atoms with Gasteiger partial charge in [0, 0.05) is 33.1 Å². The van der Waals surface area contributed by atoms with Gasteiger partial charge in [0.15, 0.2) is 0 Å². The zero-order valence-corrected chi connectivity index (χ0v) is 8.93. The maximum atomic E-state index is 10.7. The highest BCUT2D eigenvalue weighted by Crippen LogP contribution is 2.24. The Morgan fingerprint density at radius 1 is 1.00 bits per heavy atom. The Hall–Kier alpha value is -1.10. The van der Waals surface area contributed by atoms with Crippen LogP contribution >= 0.6 is 0 Å². The minimum Gasteiger partial charge on any atom is -0.462 e. The summed E-state index contributed by atoms with van der Waals surface area (Å²) in [5, 5.41) is 9.49. The second-order valence-corrected chi connectivity index (χ2v) is 3.82. The average Bonchev–Trinajstić information content (AvgIpc) is 1.98. The number of hydrogen-bond acceptors (Lipinski definition) is 5. The minimum atomic E-state index is -0.576. The summed E-state index contributed by atoms with van der Waals surface area (Å²) in [6, 6.07) is 0. The maximum absolute atomic E-state index is 10.7. The van der Waals surface area contributed by atoms with Gasteiger partial charge in [0.1, 0.15) is 12.2 Å². The van der Waals surface area contributed by atoms with Crippen LogP contribution in [0.1, 0.15) is 33.1 Å². The summed E-state index contributed by atoms with van der Waals surface area (Å²) in [5.74, 6) is -0.758. The Labute approximate surface area is 88.4 Å². The second-order valence-electron chi connectivity index (χ2n) is 3.82. The Morgan fingerprint density at radius 2 is 1.40 bits per heavy atom. The van der Waals surface area contributed by atoms with Crippen LogP contribution in [0.5, 0.6) is 0 Å². The summed E-state index contributed by atoms with van der Waals surface area (Å²) >= 11 is 0. The molecule has 1 aliphatic rings. The molecule has 0 aromatic carbocycles. The van der Waals surface area contributed by atoms with Crippen LogP contribution in [0.2, 0.25) is 0 Å². The zero-order valence-electron chi connectivity index (χ0n) is 8.93. The van der Waals surface area contributed by atoms with Gasteiger partial charge < -0.3 is 14.6 Å². The summed E-state index contributed by atoms with van der Waals surface area (Å²) in [6.07, 6.45) is 0.0175. The lowest BCUT2D eigenvalue weighted by atomic mass is 9.92. The van der Waals surface area contributed by atoms with E-state index in [1.807, 2.05) is 0 Å². The van der Waals surface area contributed by atoms with Gasteiger partial charge in [-0.05, 0) is 0 Å². The van der Waals surface area contributed by atoms with E-state index in [1.165, 1.54) is 13.8 Å². The topological polar surface area (TPSA) is 72.8 Å². The minimum absolute atomic E-state index is 0.351. The lowest BCUT2D eigenvalue weighted by molar-refractivity contribution is -0.160. The first-order valence-corrected chi connectivity index (χ1v) is 5.00. The van der Waals surface area contributed by atoms with Gasteiger partial charge >= 0.3 is 11.9 Å². The van der Waals surface area contributed by atoms with E-state index in [0.29, 0.717) is 19.3 Å². The highest BCUT2D eigenvalue weighted by molar-refractivity contribution is 5.66. The molecule has 0 aromatic heterocycles. The molecule has 0 saturated heterocycles. The summed E-state index contributed by atoms with van der Waals surface area (Å²) in [7, 11) is 0. The first-order chi connectivity index (χ1) is 6.97. The first-order valence-electron chi connectivity index (χ1n) is 5.00. The van der Waals surface area contributed by atoms with E-state index in [9.17, 15) is 14.7 Å². The molecular weight excluding hydrogens is 200 g/mol. The van der Waals surface area contributed by atoms with E-state index < -0.39 is 6.10 Å². The van der Waals surface area contributed by atoms with Gasteiger partial charge in [0.25, 0.3) is 0 Å². The second kappa shape index (κ2) is 5.11. The lowest BCUT2D eigenvalue weighted by Gasteiger charge is -2.31. The van der Waals surface area contributed by atoms with Crippen molar-refractivity contribution in [1.82, 2.24) is 0 Å². The summed E-state index contributed by atoms with van der Waals surface area (Å²) in [5.41, 5.74) is 0. The smallest absolute Gasteiger partial charge is 0.302 e. The third-order valence-electron chi connectivity index (χ3n) is 2.26. The van der Waals surface area contributed by atoms with Crippen molar-refractivity contribution in [3.8, 4) is 0 Å². The molecule has 15 heavy (non-hydrogen) atoms. The van der Waals surface area contributed by atoms with Crippen molar-refractivity contribution in [3.63, 3.8) is 0 Å². The van der Waals surface area contributed by atoms with E-state index in [0.717, 1.165) is 0 Å². The quantitative estimate of drug-likeness (QED) is 0.676. The molecule has 86 valence electrons. The van der Waals surface area contributed by atoms with Gasteiger partial charge in [-0.2, -0.15) is 0 Å². The van der Waals surface area contributed by atoms with E-state index >= 15 is 0 Å². The van der Waals surface area contributed by atoms with E-state index in [4.69, 9.17) is 9.47 Å². The molecule has 0 heterocycles. The van der Waals surface area contributed by atoms with Crippen LogP contribution in [0.25, 0.3) is 0 Å². The SMILES string of the molecule is CC(=O)O[C@@H]1C[C@H](O)C[C@H](OC(C)=O)C1. The van der Waals surface area contributed by atoms with Crippen LogP contribution in [0.3, 0.4) is 0 Å². The Balaban J connectivity index is 2.47. The molecule has 0 amide bonds. The van der Waals surface area contributed by atoms with E-state index in [2.05, 4.69) is 0 Å². The van der Waals surface area contributed by atoms with Crippen LogP contribution in [0.4, 0.5) is 0 Å². The molecule has 0 aliphatic heterocycles. The number of carbonyl (C=O) groups excluding carboxylic acids is 2. The fourth-order valence-electron chi connectivity index (χ4n) is 1.85. The fourth-order valence-corrected chi connectivity index (χ4v) is 1.85. The van der Waals surface area contributed by atoms with Gasteiger partial charge in [0.05, 0.1) is 6.10 Å². The van der Waals surface area contributed by atoms with Gasteiger partial charge in [-0.25, -0.2) is 0 Å². The lowest BCUT2D eigenvalue weighted by Crippen LogP contribution is -2.37. The fraction of sp³-hybridized carbons (Fsp3) is 0.800. The molecule has 3 atom stereocenters. The van der Waals surface area contributed by atoms with Crippen molar-refractivity contribution in [1.29, 1.82) is 0 Å². The number of hydrogen-bond donors (Lipinski definition) is 1. The number of aliphatic hydroxyl groups is 1. The predicted octanol–water partition coefficient (Wildman–Crippen LogP) is 0.395. The number of esters is 2. The molecule has 0 aromatic rings. The van der Waals surface area contributed by atoms with Crippen LogP contribution in [0, 0.1) is 0 Å². The van der Waals surface area contributed by atoms with Crippen LogP contribution in [-0.4, -0.2) is 35.4 Å².